The molecule has 0 radical (unpaired) electrons. The highest BCUT2D eigenvalue weighted by molar-refractivity contribution is 5.95. The lowest BCUT2D eigenvalue weighted by atomic mass is 10.1. The van der Waals surface area contributed by atoms with E-state index >= 15 is 0 Å². The van der Waals surface area contributed by atoms with Gasteiger partial charge in [-0.05, 0) is 42.1 Å². The molecule has 0 aliphatic heterocycles. The summed E-state index contributed by atoms with van der Waals surface area (Å²) >= 11 is 0. The van der Waals surface area contributed by atoms with E-state index in [1.165, 1.54) is 0 Å². The van der Waals surface area contributed by atoms with Crippen molar-refractivity contribution >= 4 is 22.7 Å². The van der Waals surface area contributed by atoms with Crippen molar-refractivity contribution in [2.24, 2.45) is 4.99 Å². The third-order valence-electron chi connectivity index (χ3n) is 3.29. The topological polar surface area (TPSA) is 21.6 Å². The number of benzene rings is 3. The van der Waals surface area contributed by atoms with Gasteiger partial charge >= 0.3 is 0 Å². The van der Waals surface area contributed by atoms with E-state index < -0.39 is 0 Å². The Bertz CT molecular complexity index is 763. The van der Waals surface area contributed by atoms with Crippen LogP contribution in [0.4, 0.5) is 5.69 Å². The van der Waals surface area contributed by atoms with Crippen LogP contribution >= 0.6 is 0 Å². The normalized spacial score (nSPS) is 11.1. The molecule has 0 atom stereocenters. The van der Waals surface area contributed by atoms with E-state index in [1.54, 1.807) is 0 Å². The van der Waals surface area contributed by atoms with Gasteiger partial charge in [0.15, 0.2) is 0 Å². The highest BCUT2D eigenvalue weighted by Gasteiger charge is 2.01. The minimum Gasteiger partial charge on any atom is -0.494 e. The Morgan fingerprint density at radius 3 is 2.62 bits per heavy atom. The van der Waals surface area contributed by atoms with Gasteiger partial charge in [0.05, 0.1) is 12.3 Å². The summed E-state index contributed by atoms with van der Waals surface area (Å²) in [5.41, 5.74) is 2.07. The average Bonchev–Trinajstić information content (AvgIpc) is 2.54. The van der Waals surface area contributed by atoms with Gasteiger partial charge in [-0.2, -0.15) is 0 Å². The molecule has 0 fully saturated rings. The van der Waals surface area contributed by atoms with Crippen LogP contribution < -0.4 is 4.74 Å². The Morgan fingerprint density at radius 1 is 0.952 bits per heavy atom. The van der Waals surface area contributed by atoms with Crippen LogP contribution in [0.15, 0.2) is 71.7 Å². The van der Waals surface area contributed by atoms with Crippen molar-refractivity contribution in [3.63, 3.8) is 0 Å². The maximum atomic E-state index is 5.54. The first-order valence-corrected chi connectivity index (χ1v) is 7.11. The molecule has 3 rings (SSSR count). The second-order valence-corrected chi connectivity index (χ2v) is 4.76. The summed E-state index contributed by atoms with van der Waals surface area (Å²) in [7, 11) is 0. The minimum absolute atomic E-state index is 0.678. The van der Waals surface area contributed by atoms with Crippen molar-refractivity contribution in [2.75, 3.05) is 6.61 Å². The predicted molar refractivity (Wildman–Crippen MR) is 88.8 cm³/mol. The number of ether oxygens (including phenoxy) is 1. The SMILES string of the molecule is CCOc1ccc2c(/N=C/c3ccccc3)cccc2c1. The van der Waals surface area contributed by atoms with Gasteiger partial charge in [-0.3, -0.25) is 4.99 Å². The Hall–Kier alpha value is -2.61. The van der Waals surface area contributed by atoms with E-state index in [2.05, 4.69) is 23.2 Å². The zero-order chi connectivity index (χ0) is 14.5. The molecule has 0 saturated carbocycles. The predicted octanol–water partition coefficient (Wildman–Crippen LogP) is 4.99. The molecule has 3 aromatic rings. The first-order valence-electron chi connectivity index (χ1n) is 7.11. The molecule has 0 bridgehead atoms. The van der Waals surface area contributed by atoms with E-state index in [-0.39, 0.29) is 0 Å². The van der Waals surface area contributed by atoms with Crippen LogP contribution in [0.2, 0.25) is 0 Å². The van der Waals surface area contributed by atoms with Gasteiger partial charge in [-0.15, -0.1) is 0 Å². The summed E-state index contributed by atoms with van der Waals surface area (Å²) in [5, 5.41) is 2.27. The maximum Gasteiger partial charge on any atom is 0.119 e. The Kier molecular flexibility index (Phi) is 3.97. The van der Waals surface area contributed by atoms with Crippen molar-refractivity contribution in [3.8, 4) is 5.75 Å². The monoisotopic (exact) mass is 275 g/mol. The molecule has 0 N–H and O–H groups in total. The van der Waals surface area contributed by atoms with E-state index in [4.69, 9.17) is 4.74 Å². The molecular formula is C19H17NO. The Labute approximate surface area is 124 Å². The standard InChI is InChI=1S/C19H17NO/c1-2-21-17-11-12-18-16(13-17)9-6-10-19(18)20-14-15-7-4-3-5-8-15/h3-14H,2H2,1H3/b20-14+. The van der Waals surface area contributed by atoms with Crippen molar-refractivity contribution in [1.82, 2.24) is 0 Å². The van der Waals surface area contributed by atoms with E-state index in [1.807, 2.05) is 61.7 Å². The van der Waals surface area contributed by atoms with Gasteiger partial charge in [0.1, 0.15) is 5.75 Å². The summed E-state index contributed by atoms with van der Waals surface area (Å²) in [4.78, 5) is 4.61. The van der Waals surface area contributed by atoms with Crippen LogP contribution in [0.5, 0.6) is 5.75 Å². The molecule has 21 heavy (non-hydrogen) atoms. The van der Waals surface area contributed by atoms with Crippen LogP contribution in [-0.2, 0) is 0 Å². The van der Waals surface area contributed by atoms with E-state index in [0.29, 0.717) is 6.61 Å². The van der Waals surface area contributed by atoms with Gasteiger partial charge in [-0.25, -0.2) is 0 Å². The first-order chi connectivity index (χ1) is 10.4. The summed E-state index contributed by atoms with van der Waals surface area (Å²) < 4.78 is 5.54. The molecule has 0 amide bonds. The lowest BCUT2D eigenvalue weighted by molar-refractivity contribution is 0.341. The molecule has 104 valence electrons. The summed E-state index contributed by atoms with van der Waals surface area (Å²) in [5.74, 6) is 0.897. The maximum absolute atomic E-state index is 5.54. The molecule has 2 nitrogen and oxygen atoms in total. The fourth-order valence-electron chi connectivity index (χ4n) is 2.30. The fourth-order valence-corrected chi connectivity index (χ4v) is 2.30. The average molecular weight is 275 g/mol. The third kappa shape index (κ3) is 3.11. The zero-order valence-electron chi connectivity index (χ0n) is 12.0. The van der Waals surface area contributed by atoms with Crippen LogP contribution in [0, 0.1) is 0 Å². The Morgan fingerprint density at radius 2 is 1.81 bits per heavy atom. The van der Waals surface area contributed by atoms with Crippen LogP contribution in [0.1, 0.15) is 12.5 Å². The number of hydrogen-bond acceptors (Lipinski definition) is 2. The molecular weight excluding hydrogens is 258 g/mol. The van der Waals surface area contributed by atoms with Crippen molar-refractivity contribution in [1.29, 1.82) is 0 Å². The smallest absolute Gasteiger partial charge is 0.119 e. The van der Waals surface area contributed by atoms with Crippen LogP contribution in [0.3, 0.4) is 0 Å². The molecule has 0 saturated heterocycles. The summed E-state index contributed by atoms with van der Waals surface area (Å²) in [6, 6.07) is 22.4. The van der Waals surface area contributed by atoms with Crippen molar-refractivity contribution < 1.29 is 4.74 Å². The molecule has 0 unspecified atom stereocenters. The zero-order valence-corrected chi connectivity index (χ0v) is 12.0. The largest absolute Gasteiger partial charge is 0.494 e. The van der Waals surface area contributed by atoms with Crippen molar-refractivity contribution in [2.45, 2.75) is 6.92 Å². The van der Waals surface area contributed by atoms with Crippen molar-refractivity contribution in [3.05, 3.63) is 72.3 Å². The number of hydrogen-bond donors (Lipinski definition) is 0. The number of nitrogens with zero attached hydrogens (tertiary/aromatic N) is 1. The third-order valence-corrected chi connectivity index (χ3v) is 3.29. The molecule has 3 aromatic carbocycles. The number of aliphatic imine (C=N–C) groups is 1. The quantitative estimate of drug-likeness (QED) is 0.615. The lowest BCUT2D eigenvalue weighted by Crippen LogP contribution is -1.90. The van der Waals surface area contributed by atoms with Crippen LogP contribution in [-0.4, -0.2) is 12.8 Å². The molecule has 0 heterocycles. The molecule has 0 aromatic heterocycles. The minimum atomic E-state index is 0.678. The second kappa shape index (κ2) is 6.23. The Balaban J connectivity index is 1.97. The highest BCUT2D eigenvalue weighted by atomic mass is 16.5. The van der Waals surface area contributed by atoms with Gasteiger partial charge in [0.2, 0.25) is 0 Å². The van der Waals surface area contributed by atoms with E-state index in [0.717, 1.165) is 27.8 Å². The summed E-state index contributed by atoms with van der Waals surface area (Å²) in [6.45, 7) is 2.67. The molecule has 0 aliphatic rings. The summed E-state index contributed by atoms with van der Waals surface area (Å²) in [6.07, 6.45) is 1.89. The second-order valence-electron chi connectivity index (χ2n) is 4.76. The van der Waals surface area contributed by atoms with Gasteiger partial charge in [-0.1, -0.05) is 42.5 Å². The molecule has 0 aliphatic carbocycles. The van der Waals surface area contributed by atoms with Gasteiger partial charge in [0.25, 0.3) is 0 Å². The number of rotatable bonds is 4. The highest BCUT2D eigenvalue weighted by Crippen LogP contribution is 2.29. The molecule has 0 spiro atoms. The van der Waals surface area contributed by atoms with Gasteiger partial charge in [0, 0.05) is 11.6 Å². The van der Waals surface area contributed by atoms with Crippen LogP contribution in [0.25, 0.3) is 10.8 Å². The fraction of sp³-hybridized carbons (Fsp3) is 0.105. The van der Waals surface area contributed by atoms with E-state index in [9.17, 15) is 0 Å². The first kappa shape index (κ1) is 13.4. The molecule has 2 heteroatoms. The lowest BCUT2D eigenvalue weighted by Gasteiger charge is -2.06. The number of fused-ring (bicyclic) bond motifs is 1. The van der Waals surface area contributed by atoms with Gasteiger partial charge < -0.3 is 4.74 Å².